The molecule has 0 rings (SSSR count). The van der Waals surface area contributed by atoms with E-state index in [1.165, 1.54) is 5.57 Å². The van der Waals surface area contributed by atoms with E-state index in [4.69, 9.17) is 6.58 Å². The zero-order chi connectivity index (χ0) is 5.70. The van der Waals surface area contributed by atoms with Gasteiger partial charge < -0.3 is 0 Å². The normalized spacial score (nSPS) is 8.14. The van der Waals surface area contributed by atoms with Crippen LogP contribution in [0.1, 0.15) is 19.8 Å². The molecule has 0 heteroatoms. The highest BCUT2D eigenvalue weighted by Gasteiger charge is 1.78. The van der Waals surface area contributed by atoms with E-state index in [-0.39, 0.29) is 0 Å². The van der Waals surface area contributed by atoms with Gasteiger partial charge in [0.2, 0.25) is 0 Å². The molecule has 0 fully saturated rings. The lowest BCUT2D eigenvalue weighted by atomic mass is 10.2. The van der Waals surface area contributed by atoms with E-state index >= 15 is 0 Å². The highest BCUT2D eigenvalue weighted by molar-refractivity contribution is 4.89. The smallest absolute Gasteiger partial charge is 0.0291 e. The fourth-order valence-corrected chi connectivity index (χ4v) is 0.330. The van der Waals surface area contributed by atoms with Gasteiger partial charge in [0.05, 0.1) is 0 Å². The van der Waals surface area contributed by atoms with Crippen molar-refractivity contribution in [1.29, 1.82) is 0 Å². The van der Waals surface area contributed by atoms with Crippen molar-refractivity contribution >= 4 is 0 Å². The molecule has 7 heavy (non-hydrogen) atoms. The molecule has 0 aromatic rings. The summed E-state index contributed by atoms with van der Waals surface area (Å²) < 4.78 is 0. The number of allylic oxidation sites excluding steroid dienone is 2. The third-order valence-corrected chi connectivity index (χ3v) is 0.738. The molecular formula is C7H11. The van der Waals surface area contributed by atoms with Gasteiger partial charge in [0.15, 0.2) is 0 Å². The van der Waals surface area contributed by atoms with Crippen molar-refractivity contribution in [2.45, 2.75) is 19.8 Å². The van der Waals surface area contributed by atoms with E-state index in [0.717, 1.165) is 12.8 Å². The summed E-state index contributed by atoms with van der Waals surface area (Å²) in [6.45, 7) is 10.8. The van der Waals surface area contributed by atoms with Gasteiger partial charge in [-0.05, 0) is 19.8 Å². The van der Waals surface area contributed by atoms with E-state index in [1.807, 2.05) is 6.92 Å². The third kappa shape index (κ3) is 5.48. The molecule has 0 saturated carbocycles. The monoisotopic (exact) mass is 95.1 g/mol. The van der Waals surface area contributed by atoms with Gasteiger partial charge in [-0.2, -0.15) is 0 Å². The van der Waals surface area contributed by atoms with Crippen molar-refractivity contribution in [3.8, 4) is 0 Å². The first-order valence-corrected chi connectivity index (χ1v) is 2.45. The van der Waals surface area contributed by atoms with Crippen molar-refractivity contribution in [3.63, 3.8) is 0 Å². The Labute approximate surface area is 45.5 Å². The molecule has 0 aromatic carbocycles. The maximum atomic E-state index is 5.11. The Morgan fingerprint density at radius 1 is 1.86 bits per heavy atom. The van der Waals surface area contributed by atoms with Gasteiger partial charge in [0, 0.05) is 0 Å². The number of rotatable bonds is 3. The predicted molar refractivity (Wildman–Crippen MR) is 32.9 cm³/mol. The molecule has 0 heterocycles. The van der Waals surface area contributed by atoms with E-state index < -0.39 is 0 Å². The molecule has 0 atom stereocenters. The van der Waals surface area contributed by atoms with Crippen LogP contribution >= 0.6 is 0 Å². The van der Waals surface area contributed by atoms with Crippen molar-refractivity contribution in [3.05, 3.63) is 24.8 Å². The Kier molecular flexibility index (Phi) is 3.39. The summed E-state index contributed by atoms with van der Waals surface area (Å²) >= 11 is 0. The molecule has 0 aliphatic heterocycles. The molecule has 0 aliphatic rings. The summed E-state index contributed by atoms with van der Waals surface area (Å²) in [6.07, 6.45) is 3.64. The minimum absolute atomic E-state index is 0.954. The first-order chi connectivity index (χ1) is 3.27. The molecule has 39 valence electrons. The van der Waals surface area contributed by atoms with Crippen molar-refractivity contribution in [2.24, 2.45) is 0 Å². The maximum Gasteiger partial charge on any atom is -0.0291 e. The zero-order valence-electron chi connectivity index (χ0n) is 4.78. The summed E-state index contributed by atoms with van der Waals surface area (Å²) in [4.78, 5) is 0. The second-order valence-corrected chi connectivity index (χ2v) is 1.73. The molecule has 0 aliphatic carbocycles. The van der Waals surface area contributed by atoms with Gasteiger partial charge in [-0.3, -0.25) is 0 Å². The summed E-state index contributed by atoms with van der Waals surface area (Å²) in [5.74, 6) is 0. The van der Waals surface area contributed by atoms with E-state index in [1.54, 1.807) is 6.08 Å². The second-order valence-electron chi connectivity index (χ2n) is 1.73. The molecule has 1 radical (unpaired) electrons. The Morgan fingerprint density at radius 3 is 2.57 bits per heavy atom. The molecule has 0 nitrogen and oxygen atoms in total. The lowest BCUT2D eigenvalue weighted by Gasteiger charge is -1.88. The minimum Gasteiger partial charge on any atom is -0.100 e. The van der Waals surface area contributed by atoms with E-state index in [0.29, 0.717) is 0 Å². The molecule has 0 saturated heterocycles. The Balaban J connectivity index is 2.97. The lowest BCUT2D eigenvalue weighted by molar-refractivity contribution is 0.985. The van der Waals surface area contributed by atoms with Gasteiger partial charge in [0.25, 0.3) is 0 Å². The van der Waals surface area contributed by atoms with Crippen LogP contribution in [-0.2, 0) is 0 Å². The highest BCUT2D eigenvalue weighted by atomic mass is 13.8. The highest BCUT2D eigenvalue weighted by Crippen LogP contribution is 1.98. The SMILES string of the molecule is [CH]=CCCC(=C)C. The van der Waals surface area contributed by atoms with Crippen LogP contribution in [0.15, 0.2) is 18.2 Å². The van der Waals surface area contributed by atoms with Gasteiger partial charge in [-0.25, -0.2) is 0 Å². The molecule has 0 spiro atoms. The summed E-state index contributed by atoms with van der Waals surface area (Å²) in [5, 5.41) is 0. The minimum atomic E-state index is 0.954. The van der Waals surface area contributed by atoms with Crippen LogP contribution in [0, 0.1) is 6.58 Å². The summed E-state index contributed by atoms with van der Waals surface area (Å²) in [6, 6.07) is 0. The second kappa shape index (κ2) is 3.66. The summed E-state index contributed by atoms with van der Waals surface area (Å²) in [5.41, 5.74) is 1.20. The van der Waals surface area contributed by atoms with E-state index in [2.05, 4.69) is 6.58 Å². The number of hydrogen-bond acceptors (Lipinski definition) is 0. The van der Waals surface area contributed by atoms with E-state index in [9.17, 15) is 0 Å². The summed E-state index contributed by atoms with van der Waals surface area (Å²) in [7, 11) is 0. The van der Waals surface area contributed by atoms with Crippen molar-refractivity contribution in [2.75, 3.05) is 0 Å². The van der Waals surface area contributed by atoms with Gasteiger partial charge in [0.1, 0.15) is 0 Å². The van der Waals surface area contributed by atoms with Crippen LogP contribution in [0.25, 0.3) is 0 Å². The maximum absolute atomic E-state index is 5.11. The molecule has 0 amide bonds. The largest absolute Gasteiger partial charge is 0.100 e. The molecular weight excluding hydrogens is 84.1 g/mol. The van der Waals surface area contributed by atoms with Gasteiger partial charge in [-0.1, -0.05) is 18.2 Å². The van der Waals surface area contributed by atoms with Crippen LogP contribution in [0.5, 0.6) is 0 Å². The molecule has 0 aromatic heterocycles. The fraction of sp³-hybridized carbons (Fsp3) is 0.429. The average Bonchev–Trinajstić information content (AvgIpc) is 1.61. The average molecular weight is 95.2 g/mol. The van der Waals surface area contributed by atoms with Crippen molar-refractivity contribution < 1.29 is 0 Å². The zero-order valence-corrected chi connectivity index (χ0v) is 4.78. The first-order valence-electron chi connectivity index (χ1n) is 2.45. The lowest BCUT2D eigenvalue weighted by Crippen LogP contribution is -1.68. The van der Waals surface area contributed by atoms with Gasteiger partial charge in [-0.15, -0.1) is 6.58 Å². The fourth-order valence-electron chi connectivity index (χ4n) is 0.330. The standard InChI is InChI=1S/C7H11/c1-4-5-6-7(2)3/h1,4H,2,5-6H2,3H3. The van der Waals surface area contributed by atoms with Crippen LogP contribution in [0.3, 0.4) is 0 Å². The van der Waals surface area contributed by atoms with Crippen molar-refractivity contribution in [1.82, 2.24) is 0 Å². The number of hydrogen-bond donors (Lipinski definition) is 0. The molecule has 0 bridgehead atoms. The quantitative estimate of drug-likeness (QED) is 0.472. The topological polar surface area (TPSA) is 0 Å². The van der Waals surface area contributed by atoms with Gasteiger partial charge >= 0.3 is 0 Å². The molecule has 0 unspecified atom stereocenters. The van der Waals surface area contributed by atoms with Crippen LogP contribution < -0.4 is 0 Å². The van der Waals surface area contributed by atoms with Crippen LogP contribution in [0.2, 0.25) is 0 Å². The Bertz CT molecular complexity index is 70.1. The Morgan fingerprint density at radius 2 is 2.43 bits per heavy atom. The van der Waals surface area contributed by atoms with Crippen LogP contribution in [-0.4, -0.2) is 0 Å². The van der Waals surface area contributed by atoms with Crippen LogP contribution in [0.4, 0.5) is 0 Å². The Hall–Kier alpha value is -0.520. The molecule has 0 N–H and O–H groups in total. The first kappa shape index (κ1) is 6.48. The predicted octanol–water partition coefficient (Wildman–Crippen LogP) is 2.33. The third-order valence-electron chi connectivity index (χ3n) is 0.738.